The lowest BCUT2D eigenvalue weighted by Crippen LogP contribution is -2.01. The molecule has 2 heteroatoms. The van der Waals surface area contributed by atoms with Crippen LogP contribution < -0.4 is 11.1 Å². The molecule has 0 radical (unpaired) electrons. The molecule has 2 nitrogen and oxygen atoms in total. The van der Waals surface area contributed by atoms with Gasteiger partial charge in [-0.15, -0.1) is 6.58 Å². The first-order chi connectivity index (χ1) is 7.33. The number of allylic oxidation sites excluding steroid dienone is 1. The predicted octanol–water partition coefficient (Wildman–Crippen LogP) is 3.43. The fourth-order valence-corrected chi connectivity index (χ4v) is 1.42. The number of rotatable bonds is 7. The molecule has 0 fully saturated rings. The minimum atomic E-state index is 0.812. The van der Waals surface area contributed by atoms with E-state index in [-0.39, 0.29) is 0 Å². The Balaban J connectivity index is 2.09. The average Bonchev–Trinajstić information content (AvgIpc) is 2.26. The first-order valence-electron chi connectivity index (χ1n) is 5.53. The Morgan fingerprint density at radius 3 is 2.53 bits per heavy atom. The lowest BCUT2D eigenvalue weighted by molar-refractivity contribution is 0.709. The molecule has 3 N–H and O–H groups in total. The van der Waals surface area contributed by atoms with E-state index >= 15 is 0 Å². The van der Waals surface area contributed by atoms with Crippen molar-refractivity contribution >= 4 is 11.4 Å². The van der Waals surface area contributed by atoms with Crippen molar-refractivity contribution in [2.75, 3.05) is 17.6 Å². The van der Waals surface area contributed by atoms with Crippen molar-refractivity contribution in [2.45, 2.75) is 25.7 Å². The number of nitrogens with two attached hydrogens (primary N) is 1. The van der Waals surface area contributed by atoms with E-state index in [4.69, 9.17) is 5.73 Å². The molecule has 82 valence electrons. The van der Waals surface area contributed by atoms with E-state index in [2.05, 4.69) is 11.9 Å². The predicted molar refractivity (Wildman–Crippen MR) is 68.0 cm³/mol. The second-order valence-corrected chi connectivity index (χ2v) is 3.69. The summed E-state index contributed by atoms with van der Waals surface area (Å²) in [6.07, 6.45) is 6.81. The van der Waals surface area contributed by atoms with Crippen LogP contribution in [-0.2, 0) is 0 Å². The molecule has 0 aliphatic heterocycles. The first kappa shape index (κ1) is 11.6. The number of nitrogen functional groups attached to an aromatic ring is 1. The molecule has 0 saturated heterocycles. The standard InChI is InChI=1S/C13H20N2/c1-2-3-4-5-6-11-15-13-9-7-12(14)8-10-13/h2,7-10,15H,1,3-6,11,14H2. The number of nitrogens with one attached hydrogen (secondary N) is 1. The summed E-state index contributed by atoms with van der Waals surface area (Å²) in [5.74, 6) is 0. The van der Waals surface area contributed by atoms with Gasteiger partial charge in [0.25, 0.3) is 0 Å². The summed E-state index contributed by atoms with van der Waals surface area (Å²) in [5.41, 5.74) is 7.56. The molecule has 1 aromatic carbocycles. The summed E-state index contributed by atoms with van der Waals surface area (Å²) in [6.45, 7) is 4.74. The highest BCUT2D eigenvalue weighted by atomic mass is 14.9. The van der Waals surface area contributed by atoms with E-state index in [1.807, 2.05) is 30.3 Å². The summed E-state index contributed by atoms with van der Waals surface area (Å²) in [7, 11) is 0. The van der Waals surface area contributed by atoms with Crippen molar-refractivity contribution in [3.63, 3.8) is 0 Å². The van der Waals surface area contributed by atoms with Crippen LogP contribution in [0.1, 0.15) is 25.7 Å². The van der Waals surface area contributed by atoms with E-state index in [1.165, 1.54) is 19.3 Å². The van der Waals surface area contributed by atoms with Gasteiger partial charge in [-0.1, -0.05) is 12.5 Å². The minimum Gasteiger partial charge on any atom is -0.399 e. The SMILES string of the molecule is C=CCCCCCNc1ccc(N)cc1. The number of benzene rings is 1. The van der Waals surface area contributed by atoms with Gasteiger partial charge < -0.3 is 11.1 Å². The second-order valence-electron chi connectivity index (χ2n) is 3.69. The van der Waals surface area contributed by atoms with Crippen LogP contribution in [0.15, 0.2) is 36.9 Å². The van der Waals surface area contributed by atoms with Crippen molar-refractivity contribution in [3.05, 3.63) is 36.9 Å². The van der Waals surface area contributed by atoms with Gasteiger partial charge in [-0.3, -0.25) is 0 Å². The summed E-state index contributed by atoms with van der Waals surface area (Å²) < 4.78 is 0. The Morgan fingerprint density at radius 2 is 1.87 bits per heavy atom. The average molecular weight is 204 g/mol. The smallest absolute Gasteiger partial charge is 0.0341 e. The monoisotopic (exact) mass is 204 g/mol. The van der Waals surface area contributed by atoms with Crippen molar-refractivity contribution < 1.29 is 0 Å². The highest BCUT2D eigenvalue weighted by Gasteiger charge is 1.91. The Kier molecular flexibility index (Phi) is 5.38. The summed E-state index contributed by atoms with van der Waals surface area (Å²) >= 11 is 0. The summed E-state index contributed by atoms with van der Waals surface area (Å²) in [6, 6.07) is 7.86. The van der Waals surface area contributed by atoms with Gasteiger partial charge in [0.05, 0.1) is 0 Å². The molecule has 1 aromatic rings. The van der Waals surface area contributed by atoms with Crippen LogP contribution in [0.3, 0.4) is 0 Å². The Morgan fingerprint density at radius 1 is 1.13 bits per heavy atom. The van der Waals surface area contributed by atoms with E-state index < -0.39 is 0 Å². The Bertz CT molecular complexity index is 277. The van der Waals surface area contributed by atoms with E-state index in [0.29, 0.717) is 0 Å². The lowest BCUT2D eigenvalue weighted by Gasteiger charge is -2.05. The molecule has 0 spiro atoms. The largest absolute Gasteiger partial charge is 0.399 e. The van der Waals surface area contributed by atoms with Crippen LogP contribution in [0, 0.1) is 0 Å². The van der Waals surface area contributed by atoms with Gasteiger partial charge in [0, 0.05) is 17.9 Å². The molecule has 0 amide bonds. The molecule has 0 aliphatic rings. The molecule has 0 heterocycles. The van der Waals surface area contributed by atoms with Crippen molar-refractivity contribution in [1.82, 2.24) is 0 Å². The molecule has 0 bridgehead atoms. The van der Waals surface area contributed by atoms with Crippen LogP contribution in [0.4, 0.5) is 11.4 Å². The van der Waals surface area contributed by atoms with Gasteiger partial charge in [0.2, 0.25) is 0 Å². The van der Waals surface area contributed by atoms with Crippen LogP contribution in [0.2, 0.25) is 0 Å². The van der Waals surface area contributed by atoms with Crippen LogP contribution in [-0.4, -0.2) is 6.54 Å². The van der Waals surface area contributed by atoms with Crippen LogP contribution >= 0.6 is 0 Å². The van der Waals surface area contributed by atoms with Gasteiger partial charge >= 0.3 is 0 Å². The van der Waals surface area contributed by atoms with Gasteiger partial charge in [-0.05, 0) is 43.5 Å². The van der Waals surface area contributed by atoms with Gasteiger partial charge in [-0.25, -0.2) is 0 Å². The number of hydrogen-bond donors (Lipinski definition) is 2. The molecule has 15 heavy (non-hydrogen) atoms. The maximum absolute atomic E-state index is 5.60. The third-order valence-electron chi connectivity index (χ3n) is 2.32. The molecule has 0 saturated carbocycles. The quantitative estimate of drug-likeness (QED) is 0.405. The Labute approximate surface area is 92.2 Å². The fourth-order valence-electron chi connectivity index (χ4n) is 1.42. The maximum atomic E-state index is 5.60. The molecule has 0 unspecified atom stereocenters. The summed E-state index contributed by atoms with van der Waals surface area (Å²) in [4.78, 5) is 0. The van der Waals surface area contributed by atoms with Gasteiger partial charge in [-0.2, -0.15) is 0 Å². The second kappa shape index (κ2) is 6.93. The van der Waals surface area contributed by atoms with E-state index in [1.54, 1.807) is 0 Å². The van der Waals surface area contributed by atoms with Crippen LogP contribution in [0.25, 0.3) is 0 Å². The number of unbranched alkanes of at least 4 members (excludes halogenated alkanes) is 3. The Hall–Kier alpha value is -1.44. The maximum Gasteiger partial charge on any atom is 0.0341 e. The minimum absolute atomic E-state index is 0.812. The highest BCUT2D eigenvalue weighted by molar-refractivity contribution is 5.50. The zero-order valence-corrected chi connectivity index (χ0v) is 9.21. The molecule has 1 rings (SSSR count). The van der Waals surface area contributed by atoms with Crippen molar-refractivity contribution in [3.8, 4) is 0 Å². The molecular weight excluding hydrogens is 184 g/mol. The number of anilines is 2. The normalized spacial score (nSPS) is 9.87. The van der Waals surface area contributed by atoms with Gasteiger partial charge in [0.15, 0.2) is 0 Å². The van der Waals surface area contributed by atoms with Crippen molar-refractivity contribution in [1.29, 1.82) is 0 Å². The third kappa shape index (κ3) is 5.11. The zero-order valence-electron chi connectivity index (χ0n) is 9.21. The molecule has 0 aromatic heterocycles. The first-order valence-corrected chi connectivity index (χ1v) is 5.53. The van der Waals surface area contributed by atoms with Gasteiger partial charge in [0.1, 0.15) is 0 Å². The highest BCUT2D eigenvalue weighted by Crippen LogP contribution is 2.10. The molecular formula is C13H20N2. The fraction of sp³-hybridized carbons (Fsp3) is 0.385. The third-order valence-corrected chi connectivity index (χ3v) is 2.32. The van der Waals surface area contributed by atoms with E-state index in [0.717, 1.165) is 24.3 Å². The van der Waals surface area contributed by atoms with Crippen molar-refractivity contribution in [2.24, 2.45) is 0 Å². The zero-order chi connectivity index (χ0) is 10.9. The van der Waals surface area contributed by atoms with Crippen LogP contribution in [0.5, 0.6) is 0 Å². The lowest BCUT2D eigenvalue weighted by atomic mass is 10.2. The molecule has 0 atom stereocenters. The van der Waals surface area contributed by atoms with E-state index in [9.17, 15) is 0 Å². The molecule has 0 aliphatic carbocycles. The summed E-state index contributed by atoms with van der Waals surface area (Å²) in [5, 5.41) is 3.37. The number of hydrogen-bond acceptors (Lipinski definition) is 2. The topological polar surface area (TPSA) is 38.0 Å².